The maximum atomic E-state index is 12.7. The van der Waals surface area contributed by atoms with E-state index in [1.54, 1.807) is 12.4 Å². The molecule has 3 rings (SSSR count). The lowest BCUT2D eigenvalue weighted by Gasteiger charge is -2.34. The second-order valence-electron chi connectivity index (χ2n) is 6.78. The average molecular weight is 375 g/mol. The number of ether oxygens (including phenoxy) is 1. The lowest BCUT2D eigenvalue weighted by atomic mass is 10.1. The van der Waals surface area contributed by atoms with Crippen LogP contribution in [0.3, 0.4) is 0 Å². The topological polar surface area (TPSA) is 67.4 Å². The number of carbonyl (C=O) groups is 1. The number of thiazole rings is 1. The SMILES string of the molecule is Cc1nc(C(C)C)sc1C(=O)NC[C@@H](c1ccncc1)N1CCOCC1. The second kappa shape index (κ2) is 8.70. The zero-order valence-corrected chi connectivity index (χ0v) is 16.4. The van der Waals surface area contributed by atoms with Gasteiger partial charge >= 0.3 is 0 Å². The van der Waals surface area contributed by atoms with Gasteiger partial charge in [-0.05, 0) is 24.6 Å². The van der Waals surface area contributed by atoms with Crippen LogP contribution in [0.15, 0.2) is 24.5 Å². The number of rotatable bonds is 6. The molecule has 0 bridgehead atoms. The zero-order valence-electron chi connectivity index (χ0n) is 15.6. The third-order valence-electron chi connectivity index (χ3n) is 4.55. The van der Waals surface area contributed by atoms with Crippen LogP contribution in [-0.2, 0) is 4.74 Å². The van der Waals surface area contributed by atoms with Gasteiger partial charge in [0.1, 0.15) is 4.88 Å². The lowest BCUT2D eigenvalue weighted by Crippen LogP contribution is -2.43. The van der Waals surface area contributed by atoms with Crippen LogP contribution in [0.5, 0.6) is 0 Å². The Morgan fingerprint density at radius 3 is 2.62 bits per heavy atom. The van der Waals surface area contributed by atoms with Crippen molar-refractivity contribution in [2.24, 2.45) is 0 Å². The number of hydrogen-bond donors (Lipinski definition) is 1. The summed E-state index contributed by atoms with van der Waals surface area (Å²) in [6, 6.07) is 4.14. The van der Waals surface area contributed by atoms with Gasteiger partial charge in [-0.2, -0.15) is 0 Å². The molecule has 1 aliphatic rings. The highest BCUT2D eigenvalue weighted by Gasteiger charge is 2.24. The van der Waals surface area contributed by atoms with E-state index in [9.17, 15) is 4.79 Å². The van der Waals surface area contributed by atoms with Crippen LogP contribution in [0.1, 0.15) is 51.7 Å². The fourth-order valence-electron chi connectivity index (χ4n) is 3.08. The summed E-state index contributed by atoms with van der Waals surface area (Å²) in [6.07, 6.45) is 3.60. The molecule has 0 unspecified atom stereocenters. The molecule has 0 saturated carbocycles. The molecule has 1 amide bonds. The number of morpholine rings is 1. The molecular weight excluding hydrogens is 348 g/mol. The van der Waals surface area contributed by atoms with Crippen LogP contribution >= 0.6 is 11.3 Å². The van der Waals surface area contributed by atoms with Crippen molar-refractivity contribution in [2.75, 3.05) is 32.8 Å². The molecule has 7 heteroatoms. The second-order valence-corrected chi connectivity index (χ2v) is 7.81. The highest BCUT2D eigenvalue weighted by Crippen LogP contribution is 2.25. The summed E-state index contributed by atoms with van der Waals surface area (Å²) in [7, 11) is 0. The Balaban J connectivity index is 1.72. The Kier molecular flexibility index (Phi) is 6.34. The normalized spacial score (nSPS) is 16.6. The van der Waals surface area contributed by atoms with Crippen LogP contribution in [0.2, 0.25) is 0 Å². The Bertz CT molecular complexity index is 726. The monoisotopic (exact) mass is 374 g/mol. The van der Waals surface area contributed by atoms with Crippen molar-refractivity contribution in [3.05, 3.63) is 45.7 Å². The molecule has 26 heavy (non-hydrogen) atoms. The van der Waals surface area contributed by atoms with Gasteiger partial charge in [-0.15, -0.1) is 11.3 Å². The number of aromatic nitrogens is 2. The van der Waals surface area contributed by atoms with Crippen molar-refractivity contribution in [3.8, 4) is 0 Å². The van der Waals surface area contributed by atoms with E-state index in [-0.39, 0.29) is 11.9 Å². The number of carbonyl (C=O) groups excluding carboxylic acids is 1. The van der Waals surface area contributed by atoms with Crippen molar-refractivity contribution >= 4 is 17.2 Å². The summed E-state index contributed by atoms with van der Waals surface area (Å²) in [4.78, 5) is 24.4. The molecule has 1 aliphatic heterocycles. The van der Waals surface area contributed by atoms with E-state index in [0.29, 0.717) is 17.3 Å². The van der Waals surface area contributed by atoms with Gasteiger partial charge in [0.25, 0.3) is 5.91 Å². The maximum Gasteiger partial charge on any atom is 0.263 e. The fourth-order valence-corrected chi connectivity index (χ4v) is 4.06. The first-order valence-electron chi connectivity index (χ1n) is 9.03. The van der Waals surface area contributed by atoms with Crippen molar-refractivity contribution in [2.45, 2.75) is 32.7 Å². The highest BCUT2D eigenvalue weighted by atomic mass is 32.1. The Morgan fingerprint density at radius 2 is 2.00 bits per heavy atom. The Labute approximate surface area is 158 Å². The third kappa shape index (κ3) is 4.47. The molecule has 0 aromatic carbocycles. The van der Waals surface area contributed by atoms with E-state index in [1.807, 2.05) is 19.1 Å². The number of hydrogen-bond acceptors (Lipinski definition) is 6. The van der Waals surface area contributed by atoms with Gasteiger partial charge in [0, 0.05) is 37.9 Å². The number of amides is 1. The van der Waals surface area contributed by atoms with Crippen molar-refractivity contribution in [1.82, 2.24) is 20.2 Å². The predicted molar refractivity (Wildman–Crippen MR) is 103 cm³/mol. The van der Waals surface area contributed by atoms with E-state index >= 15 is 0 Å². The number of nitrogens with one attached hydrogen (secondary N) is 1. The predicted octanol–water partition coefficient (Wildman–Crippen LogP) is 2.77. The van der Waals surface area contributed by atoms with Crippen LogP contribution in [0.25, 0.3) is 0 Å². The van der Waals surface area contributed by atoms with Crippen molar-refractivity contribution in [3.63, 3.8) is 0 Å². The molecule has 0 spiro atoms. The molecule has 3 heterocycles. The quantitative estimate of drug-likeness (QED) is 0.842. The molecule has 1 fully saturated rings. The summed E-state index contributed by atoms with van der Waals surface area (Å²) < 4.78 is 5.47. The third-order valence-corrected chi connectivity index (χ3v) is 6.00. The van der Waals surface area contributed by atoms with Crippen LogP contribution < -0.4 is 5.32 Å². The maximum absolute atomic E-state index is 12.7. The number of pyridine rings is 1. The lowest BCUT2D eigenvalue weighted by molar-refractivity contribution is 0.0162. The number of aryl methyl sites for hydroxylation is 1. The molecular formula is C19H26N4O2S. The van der Waals surface area contributed by atoms with Gasteiger partial charge in [-0.1, -0.05) is 13.8 Å². The van der Waals surface area contributed by atoms with Crippen LogP contribution in [-0.4, -0.2) is 53.6 Å². The minimum atomic E-state index is -0.0424. The molecule has 2 aromatic rings. The molecule has 6 nitrogen and oxygen atoms in total. The van der Waals surface area contributed by atoms with Gasteiger partial charge in [-0.3, -0.25) is 14.7 Å². The van der Waals surface area contributed by atoms with Gasteiger partial charge in [0.2, 0.25) is 0 Å². The summed E-state index contributed by atoms with van der Waals surface area (Å²) in [6.45, 7) is 9.81. The van der Waals surface area contributed by atoms with Gasteiger partial charge < -0.3 is 10.1 Å². The van der Waals surface area contributed by atoms with Gasteiger partial charge in [0.15, 0.2) is 0 Å². The Hall–Kier alpha value is -1.83. The summed E-state index contributed by atoms with van der Waals surface area (Å²) in [5.74, 6) is 0.289. The number of nitrogens with zero attached hydrogens (tertiary/aromatic N) is 3. The highest BCUT2D eigenvalue weighted by molar-refractivity contribution is 7.13. The summed E-state index contributed by atoms with van der Waals surface area (Å²) >= 11 is 1.49. The smallest absolute Gasteiger partial charge is 0.263 e. The minimum Gasteiger partial charge on any atom is -0.379 e. The molecule has 0 aliphatic carbocycles. The van der Waals surface area contributed by atoms with Crippen molar-refractivity contribution < 1.29 is 9.53 Å². The minimum absolute atomic E-state index is 0.0424. The summed E-state index contributed by atoms with van der Waals surface area (Å²) in [5.41, 5.74) is 1.97. The van der Waals surface area contributed by atoms with Gasteiger partial charge in [0.05, 0.1) is 30.0 Å². The fraction of sp³-hybridized carbons (Fsp3) is 0.526. The first-order chi connectivity index (χ1) is 12.6. The molecule has 2 aromatic heterocycles. The van der Waals surface area contributed by atoms with Gasteiger partial charge in [-0.25, -0.2) is 4.98 Å². The van der Waals surface area contributed by atoms with E-state index in [1.165, 1.54) is 11.3 Å². The van der Waals surface area contributed by atoms with E-state index in [2.05, 4.69) is 34.0 Å². The zero-order chi connectivity index (χ0) is 18.5. The van der Waals surface area contributed by atoms with E-state index < -0.39 is 0 Å². The largest absolute Gasteiger partial charge is 0.379 e. The first kappa shape index (κ1) is 18.9. The average Bonchev–Trinajstić information content (AvgIpc) is 3.06. The molecule has 1 saturated heterocycles. The van der Waals surface area contributed by atoms with Crippen LogP contribution in [0, 0.1) is 6.92 Å². The van der Waals surface area contributed by atoms with Crippen LogP contribution in [0.4, 0.5) is 0 Å². The van der Waals surface area contributed by atoms with Crippen molar-refractivity contribution in [1.29, 1.82) is 0 Å². The molecule has 1 N–H and O–H groups in total. The Morgan fingerprint density at radius 1 is 1.31 bits per heavy atom. The van der Waals surface area contributed by atoms with E-state index in [4.69, 9.17) is 4.74 Å². The van der Waals surface area contributed by atoms with E-state index in [0.717, 1.165) is 42.6 Å². The molecule has 0 radical (unpaired) electrons. The first-order valence-corrected chi connectivity index (χ1v) is 9.85. The molecule has 140 valence electrons. The summed E-state index contributed by atoms with van der Waals surface area (Å²) in [5, 5.41) is 4.12. The standard InChI is InChI=1S/C19H26N4O2S/c1-13(2)19-22-14(3)17(26-19)18(24)21-12-16(15-4-6-20-7-5-15)23-8-10-25-11-9-23/h4-7,13,16H,8-12H2,1-3H3,(H,21,24)/t16-/m0/s1. The molecule has 1 atom stereocenters.